The normalized spacial score (nSPS) is 12.1. The highest BCUT2D eigenvalue weighted by atomic mass is 32.2. The molecule has 0 unspecified atom stereocenters. The van der Waals surface area contributed by atoms with Crippen LogP contribution in [0.15, 0.2) is 28.4 Å². The molecule has 3 aromatic rings. The smallest absolute Gasteiger partial charge is 0.266 e. The third kappa shape index (κ3) is 7.29. The second-order valence-electron chi connectivity index (χ2n) is 7.23. The molecule has 192 valence electrons. The maximum absolute atomic E-state index is 11.1. The van der Waals surface area contributed by atoms with Crippen molar-refractivity contribution in [2.24, 2.45) is 10.2 Å². The van der Waals surface area contributed by atoms with Crippen molar-refractivity contribution in [2.45, 2.75) is 6.92 Å². The summed E-state index contributed by atoms with van der Waals surface area (Å²) >= 11 is 1.24. The number of benzene rings is 1. The Hall–Kier alpha value is -3.43. The molecule has 14 nitrogen and oxygen atoms in total. The maximum Gasteiger partial charge on any atom is 0.266 e. The van der Waals surface area contributed by atoms with Gasteiger partial charge in [0.15, 0.2) is 5.82 Å². The van der Waals surface area contributed by atoms with Gasteiger partial charge in [0.05, 0.1) is 34.4 Å². The van der Waals surface area contributed by atoms with Crippen LogP contribution < -0.4 is 15.4 Å². The van der Waals surface area contributed by atoms with Gasteiger partial charge in [-0.25, -0.2) is 9.97 Å². The zero-order valence-corrected chi connectivity index (χ0v) is 21.4. The van der Waals surface area contributed by atoms with E-state index in [1.807, 2.05) is 6.07 Å². The first-order valence-electron chi connectivity index (χ1n) is 10.1. The number of thiazole rings is 1. The minimum Gasteiger partial charge on any atom is -0.497 e. The molecule has 2 heterocycles. The van der Waals surface area contributed by atoms with Crippen LogP contribution in [0.2, 0.25) is 0 Å². The summed E-state index contributed by atoms with van der Waals surface area (Å²) in [6.07, 6.45) is 0. The molecule has 0 bridgehead atoms. The van der Waals surface area contributed by atoms with Gasteiger partial charge in [-0.05, 0) is 25.1 Å². The molecule has 17 heteroatoms. The summed E-state index contributed by atoms with van der Waals surface area (Å²) < 4.78 is 68.2. The Balaban J connectivity index is 2.00. The van der Waals surface area contributed by atoms with Crippen LogP contribution in [0.25, 0.3) is 10.2 Å². The molecule has 0 amide bonds. The quantitative estimate of drug-likeness (QED) is 0.198. The van der Waals surface area contributed by atoms with Gasteiger partial charge >= 0.3 is 0 Å². The summed E-state index contributed by atoms with van der Waals surface area (Å²) in [6, 6.07) is 7.27. The standard InChI is InChI=1S/C19H21N7O7S3/c1-11-13(10-20)17(21-5-7-35(27,28)29)24-18(22-6-8-36(30,31)32)16(11)25-26-19-23-14-4-3-12(33-2)9-15(14)34-19/h3-4,9H,5-8H2,1-2H3,(H2,21,22,24)(H,27,28,29)(H,30,31,32). The largest absolute Gasteiger partial charge is 0.497 e. The van der Waals surface area contributed by atoms with Crippen LogP contribution in [0.1, 0.15) is 11.1 Å². The van der Waals surface area contributed by atoms with Crippen LogP contribution in [-0.2, 0) is 20.2 Å². The van der Waals surface area contributed by atoms with Crippen molar-refractivity contribution in [2.75, 3.05) is 42.3 Å². The predicted molar refractivity (Wildman–Crippen MR) is 134 cm³/mol. The van der Waals surface area contributed by atoms with Gasteiger partial charge in [-0.3, -0.25) is 9.11 Å². The first-order chi connectivity index (χ1) is 16.9. The zero-order chi connectivity index (χ0) is 26.5. The Morgan fingerprint density at radius 1 is 1.06 bits per heavy atom. The maximum atomic E-state index is 11.1. The first kappa shape index (κ1) is 27.2. The number of hydrogen-bond donors (Lipinski definition) is 4. The fourth-order valence-corrected chi connectivity index (χ4v) is 4.49. The van der Waals surface area contributed by atoms with Gasteiger partial charge < -0.3 is 15.4 Å². The molecule has 0 radical (unpaired) electrons. The molecular formula is C19H21N7O7S3. The van der Waals surface area contributed by atoms with Gasteiger partial charge in [0.25, 0.3) is 20.2 Å². The summed E-state index contributed by atoms with van der Waals surface area (Å²) in [7, 11) is -6.99. The molecule has 0 aliphatic heterocycles. The van der Waals surface area contributed by atoms with Crippen molar-refractivity contribution in [3.63, 3.8) is 0 Å². The summed E-state index contributed by atoms with van der Waals surface area (Å²) in [6.45, 7) is 1.06. The fourth-order valence-electron chi connectivity index (χ4n) is 2.96. The third-order valence-electron chi connectivity index (χ3n) is 4.65. The Labute approximate surface area is 210 Å². The van der Waals surface area contributed by atoms with Crippen molar-refractivity contribution in [3.05, 3.63) is 29.3 Å². The number of anilines is 2. The number of nitrogens with one attached hydrogen (secondary N) is 2. The van der Waals surface area contributed by atoms with Crippen LogP contribution in [0.4, 0.5) is 22.5 Å². The average Bonchev–Trinajstić information content (AvgIpc) is 3.19. The summed E-state index contributed by atoms with van der Waals surface area (Å²) in [5.74, 6) is -0.602. The number of nitriles is 1. The SMILES string of the molecule is COc1ccc2nc(N=Nc3c(NCCS(=O)(=O)O)nc(NCCS(=O)(=O)O)c(C#N)c3C)sc2c1. The molecule has 0 fully saturated rings. The molecule has 1 aromatic carbocycles. The molecule has 0 aliphatic rings. The van der Waals surface area contributed by atoms with Gasteiger partial charge in [-0.15, -0.1) is 10.2 Å². The van der Waals surface area contributed by atoms with Crippen LogP contribution in [0.3, 0.4) is 0 Å². The molecule has 4 N–H and O–H groups in total. The number of methoxy groups -OCH3 is 1. The lowest BCUT2D eigenvalue weighted by molar-refractivity contribution is 0.415. The molecule has 36 heavy (non-hydrogen) atoms. The number of nitrogens with zero attached hydrogens (tertiary/aromatic N) is 5. The fraction of sp³-hybridized carbons (Fsp3) is 0.316. The second-order valence-corrected chi connectivity index (χ2v) is 11.4. The second kappa shape index (κ2) is 11.1. The molecule has 0 saturated carbocycles. The Bertz CT molecular complexity index is 1560. The van der Waals surface area contributed by atoms with Crippen molar-refractivity contribution in [1.82, 2.24) is 9.97 Å². The van der Waals surface area contributed by atoms with Gasteiger partial charge in [0.1, 0.15) is 23.3 Å². The van der Waals surface area contributed by atoms with Crippen LogP contribution >= 0.6 is 11.3 Å². The van der Waals surface area contributed by atoms with Crippen LogP contribution in [0.5, 0.6) is 5.75 Å². The third-order valence-corrected chi connectivity index (χ3v) is 6.99. The van der Waals surface area contributed by atoms with E-state index in [9.17, 15) is 22.1 Å². The van der Waals surface area contributed by atoms with E-state index in [1.165, 1.54) is 11.3 Å². The van der Waals surface area contributed by atoms with Crippen molar-refractivity contribution in [3.8, 4) is 11.8 Å². The van der Waals surface area contributed by atoms with E-state index in [-0.39, 0.29) is 36.0 Å². The number of fused-ring (bicyclic) bond motifs is 1. The zero-order valence-electron chi connectivity index (χ0n) is 19.0. The monoisotopic (exact) mass is 555 g/mol. The van der Waals surface area contributed by atoms with E-state index in [4.69, 9.17) is 13.8 Å². The van der Waals surface area contributed by atoms with Crippen molar-refractivity contribution in [1.29, 1.82) is 5.26 Å². The number of azo groups is 1. The number of hydrogen-bond acceptors (Lipinski definition) is 13. The lowest BCUT2D eigenvalue weighted by atomic mass is 10.1. The number of aromatic nitrogens is 2. The Morgan fingerprint density at radius 2 is 1.69 bits per heavy atom. The lowest BCUT2D eigenvalue weighted by Crippen LogP contribution is -2.18. The van der Waals surface area contributed by atoms with Gasteiger partial charge in [0.2, 0.25) is 5.13 Å². The number of rotatable bonds is 11. The number of pyridine rings is 1. The minimum absolute atomic E-state index is 0.0148. The molecule has 3 rings (SSSR count). The topological polar surface area (TPSA) is 216 Å². The molecule has 0 spiro atoms. The lowest BCUT2D eigenvalue weighted by Gasteiger charge is -2.15. The van der Waals surface area contributed by atoms with Gasteiger partial charge in [-0.1, -0.05) is 11.3 Å². The van der Waals surface area contributed by atoms with Crippen LogP contribution in [-0.4, -0.2) is 67.6 Å². The highest BCUT2D eigenvalue weighted by Crippen LogP contribution is 2.36. The minimum atomic E-state index is -4.27. The highest BCUT2D eigenvalue weighted by molar-refractivity contribution is 7.86. The van der Waals surface area contributed by atoms with E-state index in [0.717, 1.165) is 4.70 Å². The summed E-state index contributed by atoms with van der Waals surface area (Å²) in [4.78, 5) is 8.61. The summed E-state index contributed by atoms with van der Waals surface area (Å²) in [5, 5.41) is 23.7. The molecule has 0 saturated heterocycles. The van der Waals surface area contributed by atoms with Crippen LogP contribution in [0, 0.1) is 18.3 Å². The average molecular weight is 556 g/mol. The number of ether oxygens (including phenoxy) is 1. The predicted octanol–water partition coefficient (Wildman–Crippen LogP) is 2.89. The Kier molecular flexibility index (Phi) is 8.37. The van der Waals surface area contributed by atoms with E-state index in [2.05, 4.69) is 30.8 Å². The molecule has 0 aliphatic carbocycles. The van der Waals surface area contributed by atoms with E-state index >= 15 is 0 Å². The van der Waals surface area contributed by atoms with E-state index in [0.29, 0.717) is 22.0 Å². The molecule has 2 aromatic heterocycles. The molecular weight excluding hydrogens is 534 g/mol. The molecule has 0 atom stereocenters. The first-order valence-corrected chi connectivity index (χ1v) is 14.1. The highest BCUT2D eigenvalue weighted by Gasteiger charge is 2.19. The van der Waals surface area contributed by atoms with E-state index < -0.39 is 31.7 Å². The van der Waals surface area contributed by atoms with Gasteiger partial charge in [-0.2, -0.15) is 22.1 Å². The Morgan fingerprint density at radius 3 is 2.28 bits per heavy atom. The van der Waals surface area contributed by atoms with E-state index in [1.54, 1.807) is 32.2 Å². The van der Waals surface area contributed by atoms with Gasteiger partial charge in [0, 0.05) is 18.7 Å². The summed E-state index contributed by atoms with van der Waals surface area (Å²) in [5.41, 5.74) is 1.13. The van der Waals surface area contributed by atoms with Crippen molar-refractivity contribution >= 4 is 64.2 Å². The van der Waals surface area contributed by atoms with Crippen molar-refractivity contribution < 1.29 is 30.7 Å².